The molecule has 0 saturated heterocycles. The lowest BCUT2D eigenvalue weighted by molar-refractivity contribution is 0.668. The first-order chi connectivity index (χ1) is 31.8. The van der Waals surface area contributed by atoms with E-state index in [-0.39, 0.29) is 0 Å². The van der Waals surface area contributed by atoms with Gasteiger partial charge in [0.15, 0.2) is 0 Å². The highest BCUT2D eigenvalue weighted by molar-refractivity contribution is 6.16. The summed E-state index contributed by atoms with van der Waals surface area (Å²) < 4.78 is 13.1. The lowest BCUT2D eigenvalue weighted by atomic mass is 9.95. The molecule has 12 rings (SSSR count). The number of benzene rings is 10. The average molecular weight is 821 g/mol. The maximum Gasteiger partial charge on any atom is 0.137 e. The van der Waals surface area contributed by atoms with Gasteiger partial charge in [-0.25, -0.2) is 0 Å². The molecule has 0 amide bonds. The van der Waals surface area contributed by atoms with E-state index in [0.717, 1.165) is 111 Å². The van der Waals surface area contributed by atoms with Gasteiger partial charge in [0.2, 0.25) is 0 Å². The smallest absolute Gasteiger partial charge is 0.137 e. The number of hydrogen-bond acceptors (Lipinski definition) is 4. The Labute approximate surface area is 371 Å². The first-order valence-corrected chi connectivity index (χ1v) is 21.7. The van der Waals surface area contributed by atoms with Gasteiger partial charge in [0, 0.05) is 33.0 Å². The van der Waals surface area contributed by atoms with E-state index in [1.165, 1.54) is 0 Å². The van der Waals surface area contributed by atoms with Crippen LogP contribution < -0.4 is 9.80 Å². The molecule has 0 N–H and O–H groups in total. The third kappa shape index (κ3) is 6.23. The van der Waals surface area contributed by atoms with Crippen molar-refractivity contribution in [2.75, 3.05) is 9.80 Å². The predicted molar refractivity (Wildman–Crippen MR) is 267 cm³/mol. The molecule has 0 fully saturated rings. The van der Waals surface area contributed by atoms with E-state index >= 15 is 0 Å². The monoisotopic (exact) mass is 820 g/mol. The Bertz CT molecular complexity index is 3400. The normalized spacial score (nSPS) is 11.4. The Morgan fingerprint density at radius 1 is 0.219 bits per heavy atom. The molecule has 4 nitrogen and oxygen atoms in total. The van der Waals surface area contributed by atoms with Gasteiger partial charge in [0.1, 0.15) is 22.3 Å². The molecule has 0 aliphatic heterocycles. The first kappa shape index (κ1) is 37.2. The van der Waals surface area contributed by atoms with Gasteiger partial charge in [0.05, 0.1) is 44.9 Å². The average Bonchev–Trinajstić information content (AvgIpc) is 3.95. The first-order valence-electron chi connectivity index (χ1n) is 21.7. The largest absolute Gasteiger partial charge is 0.456 e. The Morgan fingerprint density at radius 3 is 0.938 bits per heavy atom. The summed E-state index contributed by atoms with van der Waals surface area (Å²) in [6.45, 7) is 0. The standard InChI is InChI=1S/C60H40N2O2/c1-3-21-41(22-4-1)43-25-7-13-31-49(43)61(53-35-19-39-57-59(53)47-29-11-17-37-55(47)63-57)51-33-15-9-27-45(51)46-28-10-16-34-52(46)62(50-32-14-8-26-44(50)42-23-5-2-6-24-42)54-36-20-40-58-60(54)48-30-12-18-38-56(48)64-58/h1-40H. The summed E-state index contributed by atoms with van der Waals surface area (Å²) in [6.07, 6.45) is 0. The third-order valence-corrected chi connectivity index (χ3v) is 12.3. The van der Waals surface area contributed by atoms with Crippen LogP contribution in [0.25, 0.3) is 77.3 Å². The van der Waals surface area contributed by atoms with Crippen molar-refractivity contribution in [3.63, 3.8) is 0 Å². The number of nitrogens with zero attached hydrogens (tertiary/aromatic N) is 2. The van der Waals surface area contributed by atoms with E-state index in [9.17, 15) is 0 Å². The molecule has 2 heterocycles. The maximum absolute atomic E-state index is 6.56. The Morgan fingerprint density at radius 2 is 0.516 bits per heavy atom. The third-order valence-electron chi connectivity index (χ3n) is 12.3. The van der Waals surface area contributed by atoms with Crippen molar-refractivity contribution >= 4 is 78.0 Å². The van der Waals surface area contributed by atoms with Gasteiger partial charge in [-0.05, 0) is 71.8 Å². The quantitative estimate of drug-likeness (QED) is 0.145. The zero-order valence-electron chi connectivity index (χ0n) is 34.8. The molecular weight excluding hydrogens is 781 g/mol. The molecule has 2 aromatic heterocycles. The summed E-state index contributed by atoms with van der Waals surface area (Å²) in [5, 5.41) is 4.25. The Balaban J connectivity index is 1.16. The number of hydrogen-bond donors (Lipinski definition) is 0. The fourth-order valence-corrected chi connectivity index (χ4v) is 9.52. The molecule has 64 heavy (non-hydrogen) atoms. The predicted octanol–water partition coefficient (Wildman–Crippen LogP) is 17.4. The molecule has 0 spiro atoms. The zero-order valence-corrected chi connectivity index (χ0v) is 34.8. The molecule has 0 radical (unpaired) electrons. The van der Waals surface area contributed by atoms with Crippen LogP contribution >= 0.6 is 0 Å². The van der Waals surface area contributed by atoms with E-state index < -0.39 is 0 Å². The van der Waals surface area contributed by atoms with Crippen LogP contribution in [0.2, 0.25) is 0 Å². The summed E-state index contributed by atoms with van der Waals surface area (Å²) >= 11 is 0. The number of furan rings is 2. The van der Waals surface area contributed by atoms with Crippen molar-refractivity contribution in [2.24, 2.45) is 0 Å². The number of para-hydroxylation sites is 6. The molecule has 12 aromatic rings. The Kier molecular flexibility index (Phi) is 9.12. The Hall–Kier alpha value is -8.60. The maximum atomic E-state index is 6.56. The van der Waals surface area contributed by atoms with Crippen LogP contribution in [-0.4, -0.2) is 0 Å². The second-order valence-electron chi connectivity index (χ2n) is 16.0. The highest BCUT2D eigenvalue weighted by atomic mass is 16.3. The zero-order chi connectivity index (χ0) is 42.4. The van der Waals surface area contributed by atoms with Gasteiger partial charge in [-0.1, -0.05) is 182 Å². The van der Waals surface area contributed by atoms with Gasteiger partial charge in [-0.2, -0.15) is 0 Å². The van der Waals surface area contributed by atoms with Gasteiger partial charge in [-0.3, -0.25) is 0 Å². The highest BCUT2D eigenvalue weighted by Crippen LogP contribution is 2.52. The number of fused-ring (bicyclic) bond motifs is 6. The van der Waals surface area contributed by atoms with Crippen molar-refractivity contribution in [3.8, 4) is 33.4 Å². The van der Waals surface area contributed by atoms with Gasteiger partial charge in [0.25, 0.3) is 0 Å². The summed E-state index contributed by atoms with van der Waals surface area (Å²) in [4.78, 5) is 4.87. The van der Waals surface area contributed by atoms with E-state index in [0.29, 0.717) is 0 Å². The second kappa shape index (κ2) is 15.7. The van der Waals surface area contributed by atoms with Crippen molar-refractivity contribution in [2.45, 2.75) is 0 Å². The summed E-state index contributed by atoms with van der Waals surface area (Å²) in [5.74, 6) is 0. The van der Waals surface area contributed by atoms with Crippen molar-refractivity contribution < 1.29 is 8.83 Å². The summed E-state index contributed by atoms with van der Waals surface area (Å²) in [6, 6.07) is 85.9. The second-order valence-corrected chi connectivity index (χ2v) is 16.0. The van der Waals surface area contributed by atoms with Crippen LogP contribution in [-0.2, 0) is 0 Å². The molecule has 0 bridgehead atoms. The van der Waals surface area contributed by atoms with E-state index in [1.54, 1.807) is 0 Å². The van der Waals surface area contributed by atoms with E-state index in [2.05, 4.69) is 240 Å². The summed E-state index contributed by atoms with van der Waals surface area (Å²) in [5.41, 5.74) is 16.2. The van der Waals surface area contributed by atoms with Gasteiger partial charge >= 0.3 is 0 Å². The molecular formula is C60H40N2O2. The SMILES string of the molecule is c1ccc(-c2ccccc2N(c2ccccc2-c2ccccc2N(c2ccccc2-c2ccccc2)c2cccc3oc4ccccc4c23)c2cccc3oc4ccccc4c23)cc1. The molecule has 0 atom stereocenters. The molecule has 0 saturated carbocycles. The van der Waals surface area contributed by atoms with E-state index in [1.807, 2.05) is 12.1 Å². The van der Waals surface area contributed by atoms with Gasteiger partial charge < -0.3 is 18.6 Å². The molecule has 0 aliphatic carbocycles. The van der Waals surface area contributed by atoms with Crippen LogP contribution in [0.15, 0.2) is 251 Å². The minimum Gasteiger partial charge on any atom is -0.456 e. The summed E-state index contributed by atoms with van der Waals surface area (Å²) in [7, 11) is 0. The number of anilines is 6. The molecule has 4 heteroatoms. The topological polar surface area (TPSA) is 32.8 Å². The molecule has 10 aromatic carbocycles. The lowest BCUT2D eigenvalue weighted by Crippen LogP contribution is -2.15. The van der Waals surface area contributed by atoms with Gasteiger partial charge in [-0.15, -0.1) is 0 Å². The fourth-order valence-electron chi connectivity index (χ4n) is 9.52. The van der Waals surface area contributed by atoms with Crippen molar-refractivity contribution in [1.29, 1.82) is 0 Å². The van der Waals surface area contributed by atoms with Crippen molar-refractivity contribution in [1.82, 2.24) is 0 Å². The molecule has 0 unspecified atom stereocenters. The minimum atomic E-state index is 0.836. The van der Waals surface area contributed by atoms with Crippen LogP contribution in [0.1, 0.15) is 0 Å². The fraction of sp³-hybridized carbons (Fsp3) is 0. The lowest BCUT2D eigenvalue weighted by Gasteiger charge is -2.33. The number of rotatable bonds is 9. The highest BCUT2D eigenvalue weighted by Gasteiger charge is 2.28. The van der Waals surface area contributed by atoms with Crippen molar-refractivity contribution in [3.05, 3.63) is 243 Å². The van der Waals surface area contributed by atoms with Crippen LogP contribution in [0.5, 0.6) is 0 Å². The van der Waals surface area contributed by atoms with Crippen LogP contribution in [0.4, 0.5) is 34.1 Å². The van der Waals surface area contributed by atoms with Crippen LogP contribution in [0, 0.1) is 0 Å². The van der Waals surface area contributed by atoms with E-state index in [4.69, 9.17) is 8.83 Å². The molecule has 0 aliphatic rings. The molecule has 302 valence electrons. The van der Waals surface area contributed by atoms with Crippen LogP contribution in [0.3, 0.4) is 0 Å². The minimum absolute atomic E-state index is 0.836.